The highest BCUT2D eigenvalue weighted by atomic mass is 19.1. The van der Waals surface area contributed by atoms with Gasteiger partial charge in [0.1, 0.15) is 5.82 Å². The minimum Gasteiger partial charge on any atom is -0.381 e. The Labute approximate surface area is 77.0 Å². The summed E-state index contributed by atoms with van der Waals surface area (Å²) in [4.78, 5) is 0. The van der Waals surface area contributed by atoms with E-state index in [1.54, 1.807) is 12.1 Å². The highest BCUT2D eigenvalue weighted by molar-refractivity contribution is 5.60. The van der Waals surface area contributed by atoms with Crippen molar-refractivity contribution >= 4 is 5.69 Å². The molecule has 68 valence electrons. The molecule has 0 aromatic heterocycles. The quantitative estimate of drug-likeness (QED) is 0.642. The summed E-state index contributed by atoms with van der Waals surface area (Å²) in [6.07, 6.45) is 3.80. The van der Waals surface area contributed by atoms with Crippen LogP contribution in [0.15, 0.2) is 18.2 Å². The number of rotatable bonds is 0. The molecule has 0 saturated heterocycles. The molecular formula is C11H12FN. The summed E-state index contributed by atoms with van der Waals surface area (Å²) in [6.45, 7) is 0. The smallest absolute Gasteiger partial charge is 0.125 e. The van der Waals surface area contributed by atoms with Crippen molar-refractivity contribution < 1.29 is 4.39 Å². The Balaban J connectivity index is 2.08. The molecule has 0 amide bonds. The maximum atomic E-state index is 12.9. The molecule has 1 aliphatic carbocycles. The standard InChI is InChI=1S/C11H12FN/c12-7-4-5-9-8-2-1-3-10(8)13-11(9)6-7/h4-6,8,10,13H,1-3H2. The van der Waals surface area contributed by atoms with Crippen molar-refractivity contribution in [1.82, 2.24) is 0 Å². The second kappa shape index (κ2) is 2.47. The number of anilines is 1. The molecule has 2 aliphatic rings. The Morgan fingerprint density at radius 2 is 2.23 bits per heavy atom. The summed E-state index contributed by atoms with van der Waals surface area (Å²) >= 11 is 0. The van der Waals surface area contributed by atoms with Gasteiger partial charge in [0.15, 0.2) is 0 Å². The zero-order valence-electron chi connectivity index (χ0n) is 7.39. The van der Waals surface area contributed by atoms with Crippen LogP contribution in [0.5, 0.6) is 0 Å². The lowest BCUT2D eigenvalue weighted by atomic mass is 9.98. The molecule has 3 rings (SSSR count). The molecule has 2 heteroatoms. The van der Waals surface area contributed by atoms with Gasteiger partial charge in [-0.2, -0.15) is 0 Å². The third kappa shape index (κ3) is 0.978. The van der Waals surface area contributed by atoms with Crippen molar-refractivity contribution in [2.24, 2.45) is 0 Å². The van der Waals surface area contributed by atoms with Crippen molar-refractivity contribution in [2.45, 2.75) is 31.2 Å². The highest BCUT2D eigenvalue weighted by Gasteiger charge is 2.35. The van der Waals surface area contributed by atoms with Gasteiger partial charge in [-0.1, -0.05) is 12.5 Å². The van der Waals surface area contributed by atoms with Gasteiger partial charge in [-0.25, -0.2) is 4.39 Å². The molecule has 1 N–H and O–H groups in total. The lowest BCUT2D eigenvalue weighted by Crippen LogP contribution is -2.13. The molecule has 1 aliphatic heterocycles. The molecule has 1 heterocycles. The van der Waals surface area contributed by atoms with Gasteiger partial charge in [0, 0.05) is 17.6 Å². The van der Waals surface area contributed by atoms with Crippen molar-refractivity contribution in [3.05, 3.63) is 29.6 Å². The molecule has 1 aromatic carbocycles. The first-order valence-electron chi connectivity index (χ1n) is 4.90. The van der Waals surface area contributed by atoms with E-state index in [-0.39, 0.29) is 5.82 Å². The number of nitrogens with one attached hydrogen (secondary N) is 1. The van der Waals surface area contributed by atoms with Gasteiger partial charge in [-0.15, -0.1) is 0 Å². The molecule has 2 atom stereocenters. The van der Waals surface area contributed by atoms with E-state index in [0.29, 0.717) is 12.0 Å². The SMILES string of the molecule is Fc1ccc2c(c1)NC1CCCC21. The van der Waals surface area contributed by atoms with Gasteiger partial charge in [0.25, 0.3) is 0 Å². The third-order valence-corrected chi connectivity index (χ3v) is 3.27. The molecule has 13 heavy (non-hydrogen) atoms. The number of halogens is 1. The predicted octanol–water partition coefficient (Wildman–Crippen LogP) is 2.89. The maximum Gasteiger partial charge on any atom is 0.125 e. The average molecular weight is 177 g/mol. The van der Waals surface area contributed by atoms with Crippen molar-refractivity contribution in [3.63, 3.8) is 0 Å². The molecule has 0 spiro atoms. The van der Waals surface area contributed by atoms with Crippen LogP contribution in [0.4, 0.5) is 10.1 Å². The largest absolute Gasteiger partial charge is 0.381 e. The maximum absolute atomic E-state index is 12.9. The van der Waals surface area contributed by atoms with Crippen LogP contribution in [0.3, 0.4) is 0 Å². The first-order valence-corrected chi connectivity index (χ1v) is 4.90. The average Bonchev–Trinajstić information content (AvgIpc) is 2.62. The summed E-state index contributed by atoms with van der Waals surface area (Å²) in [6, 6.07) is 5.71. The van der Waals surface area contributed by atoms with Gasteiger partial charge >= 0.3 is 0 Å². The lowest BCUT2D eigenvalue weighted by Gasteiger charge is -2.07. The highest BCUT2D eigenvalue weighted by Crippen LogP contribution is 2.45. The van der Waals surface area contributed by atoms with Gasteiger partial charge in [0.05, 0.1) is 0 Å². The zero-order chi connectivity index (χ0) is 8.84. The van der Waals surface area contributed by atoms with Crippen molar-refractivity contribution in [1.29, 1.82) is 0 Å². The van der Waals surface area contributed by atoms with E-state index >= 15 is 0 Å². The Morgan fingerprint density at radius 3 is 3.15 bits per heavy atom. The van der Waals surface area contributed by atoms with Crippen LogP contribution >= 0.6 is 0 Å². The van der Waals surface area contributed by atoms with Crippen LogP contribution < -0.4 is 5.32 Å². The fourth-order valence-corrected chi connectivity index (χ4v) is 2.68. The minimum absolute atomic E-state index is 0.133. The Hall–Kier alpha value is -1.05. The van der Waals surface area contributed by atoms with Gasteiger partial charge in [-0.3, -0.25) is 0 Å². The molecule has 1 aromatic rings. The number of benzene rings is 1. The first-order chi connectivity index (χ1) is 6.34. The molecule has 0 bridgehead atoms. The molecular weight excluding hydrogens is 165 g/mol. The third-order valence-electron chi connectivity index (χ3n) is 3.27. The monoisotopic (exact) mass is 177 g/mol. The molecule has 1 nitrogen and oxygen atoms in total. The molecule has 1 saturated carbocycles. The molecule has 0 radical (unpaired) electrons. The zero-order valence-corrected chi connectivity index (χ0v) is 7.39. The fraction of sp³-hybridized carbons (Fsp3) is 0.455. The second-order valence-corrected chi connectivity index (χ2v) is 4.02. The number of hydrogen-bond acceptors (Lipinski definition) is 1. The Morgan fingerprint density at radius 1 is 1.31 bits per heavy atom. The van der Waals surface area contributed by atoms with Crippen LogP contribution in [0.2, 0.25) is 0 Å². The van der Waals surface area contributed by atoms with E-state index in [9.17, 15) is 4.39 Å². The van der Waals surface area contributed by atoms with E-state index in [0.717, 1.165) is 5.69 Å². The first kappa shape index (κ1) is 7.36. The van der Waals surface area contributed by atoms with Crippen molar-refractivity contribution in [3.8, 4) is 0 Å². The predicted molar refractivity (Wildman–Crippen MR) is 50.4 cm³/mol. The normalized spacial score (nSPS) is 29.6. The minimum atomic E-state index is -0.133. The van der Waals surface area contributed by atoms with E-state index in [1.165, 1.54) is 24.8 Å². The fourth-order valence-electron chi connectivity index (χ4n) is 2.68. The summed E-state index contributed by atoms with van der Waals surface area (Å²) in [5.41, 5.74) is 2.35. The van der Waals surface area contributed by atoms with Gasteiger partial charge < -0.3 is 5.32 Å². The Kier molecular flexibility index (Phi) is 1.40. The number of fused-ring (bicyclic) bond motifs is 3. The lowest BCUT2D eigenvalue weighted by molar-refractivity contribution is 0.627. The summed E-state index contributed by atoms with van der Waals surface area (Å²) in [5.74, 6) is 0.516. The topological polar surface area (TPSA) is 12.0 Å². The number of hydrogen-bond donors (Lipinski definition) is 1. The van der Waals surface area contributed by atoms with Crippen LogP contribution in [0, 0.1) is 5.82 Å². The van der Waals surface area contributed by atoms with E-state index in [1.807, 2.05) is 6.07 Å². The van der Waals surface area contributed by atoms with Crippen LogP contribution in [0.25, 0.3) is 0 Å². The van der Waals surface area contributed by atoms with E-state index in [2.05, 4.69) is 5.32 Å². The van der Waals surface area contributed by atoms with Crippen LogP contribution in [-0.4, -0.2) is 6.04 Å². The van der Waals surface area contributed by atoms with Crippen LogP contribution in [-0.2, 0) is 0 Å². The van der Waals surface area contributed by atoms with E-state index < -0.39 is 0 Å². The molecule has 2 unspecified atom stereocenters. The second-order valence-electron chi connectivity index (χ2n) is 4.02. The summed E-state index contributed by atoms with van der Waals surface area (Å²) in [5, 5.41) is 3.40. The van der Waals surface area contributed by atoms with Gasteiger partial charge in [-0.05, 0) is 30.5 Å². The summed E-state index contributed by atoms with van der Waals surface area (Å²) in [7, 11) is 0. The van der Waals surface area contributed by atoms with Crippen molar-refractivity contribution in [2.75, 3.05) is 5.32 Å². The Bertz CT molecular complexity index is 348. The van der Waals surface area contributed by atoms with E-state index in [4.69, 9.17) is 0 Å². The van der Waals surface area contributed by atoms with Crippen LogP contribution in [0.1, 0.15) is 30.7 Å². The van der Waals surface area contributed by atoms with Gasteiger partial charge in [0.2, 0.25) is 0 Å². The summed E-state index contributed by atoms with van der Waals surface area (Å²) < 4.78 is 12.9. The molecule has 1 fully saturated rings.